The van der Waals surface area contributed by atoms with Crippen molar-refractivity contribution in [1.29, 1.82) is 0 Å². The van der Waals surface area contributed by atoms with Crippen molar-refractivity contribution >= 4 is 28.5 Å². The number of carbonyl (C=O) groups is 2. The van der Waals surface area contributed by atoms with E-state index in [-0.39, 0.29) is 29.6 Å². The quantitative estimate of drug-likeness (QED) is 0.104. The van der Waals surface area contributed by atoms with E-state index in [2.05, 4.69) is 26.8 Å². The van der Waals surface area contributed by atoms with Crippen LogP contribution in [0.5, 0.6) is 11.5 Å². The summed E-state index contributed by atoms with van der Waals surface area (Å²) in [4.78, 5) is 36.7. The number of hydrogen-bond donors (Lipinski definition) is 2. The Kier molecular flexibility index (Phi) is 10.3. The molecule has 1 amide bonds. The Hall–Kier alpha value is -4.61. The number of aromatic nitrogens is 4. The molecule has 0 atom stereocenters. The van der Waals surface area contributed by atoms with Crippen LogP contribution in [-0.2, 0) is 20.7 Å². The fourth-order valence-corrected chi connectivity index (χ4v) is 10.1. The summed E-state index contributed by atoms with van der Waals surface area (Å²) in [6, 6.07) is 15.4. The molecule has 5 aliphatic rings. The molecule has 0 spiro atoms. The lowest BCUT2D eigenvalue weighted by atomic mass is 9.49. The number of nitrogens with zero attached hydrogens (tertiary/aromatic N) is 5. The van der Waals surface area contributed by atoms with Crippen LogP contribution in [0.2, 0.25) is 0 Å². The van der Waals surface area contributed by atoms with Gasteiger partial charge in [-0.2, -0.15) is 5.10 Å². The van der Waals surface area contributed by atoms with Gasteiger partial charge >= 0.3 is 0 Å². The lowest BCUT2D eigenvalue weighted by Gasteiger charge is -2.56. The minimum absolute atomic E-state index is 0.107. The Morgan fingerprint density at radius 3 is 2.43 bits per heavy atom. The van der Waals surface area contributed by atoms with Gasteiger partial charge in [-0.3, -0.25) is 9.59 Å². The number of nitrogens with one attached hydrogen (secondary N) is 1. The SMILES string of the molecule is C=CC(=O)Cc1cc(-c2nn(C3CCN(CCOCCNC(=O)CC45CC6CC(CC(C6)C4)C5)CC3)c3ncnc(N)c23)ccc1Oc1ccccc1. The molecule has 1 aliphatic heterocycles. The summed E-state index contributed by atoms with van der Waals surface area (Å²) in [6.45, 7) is 8.07. The first kappa shape index (κ1) is 35.4. The molecule has 0 radical (unpaired) electrons. The molecule has 9 rings (SSSR count). The van der Waals surface area contributed by atoms with Gasteiger partial charge in [0, 0.05) is 50.1 Å². The number of hydrogen-bond acceptors (Lipinski definition) is 9. The summed E-state index contributed by atoms with van der Waals surface area (Å²) in [5.41, 5.74) is 9.65. The number of piperidine rings is 1. The molecule has 0 unspecified atom stereocenters. The van der Waals surface area contributed by atoms with E-state index in [0.29, 0.717) is 60.2 Å². The summed E-state index contributed by atoms with van der Waals surface area (Å²) in [5, 5.41) is 8.95. The van der Waals surface area contributed by atoms with Crippen molar-refractivity contribution in [1.82, 2.24) is 30.0 Å². The van der Waals surface area contributed by atoms with Crippen molar-refractivity contribution in [3.8, 4) is 22.8 Å². The zero-order valence-electron chi connectivity index (χ0n) is 30.6. The number of anilines is 1. The van der Waals surface area contributed by atoms with Crippen LogP contribution in [0, 0.1) is 23.2 Å². The molecule has 11 nitrogen and oxygen atoms in total. The van der Waals surface area contributed by atoms with Crippen LogP contribution in [0.15, 0.2) is 67.5 Å². The van der Waals surface area contributed by atoms with Gasteiger partial charge in [0.05, 0.1) is 24.6 Å². The first-order chi connectivity index (χ1) is 25.8. The number of benzene rings is 2. The smallest absolute Gasteiger partial charge is 0.220 e. The molecule has 3 N–H and O–H groups in total. The van der Waals surface area contributed by atoms with Crippen LogP contribution < -0.4 is 15.8 Å². The highest BCUT2D eigenvalue weighted by Crippen LogP contribution is 2.61. The topological polar surface area (TPSA) is 137 Å². The fourth-order valence-electron chi connectivity index (χ4n) is 10.1. The largest absolute Gasteiger partial charge is 0.457 e. The van der Waals surface area contributed by atoms with Crippen LogP contribution in [0.1, 0.15) is 69.4 Å². The minimum Gasteiger partial charge on any atom is -0.457 e. The van der Waals surface area contributed by atoms with Gasteiger partial charge in [-0.1, -0.05) is 24.8 Å². The highest BCUT2D eigenvalue weighted by molar-refractivity contribution is 5.99. The van der Waals surface area contributed by atoms with E-state index in [9.17, 15) is 9.59 Å². The van der Waals surface area contributed by atoms with Gasteiger partial charge in [0.2, 0.25) is 5.91 Å². The van der Waals surface area contributed by atoms with Crippen LogP contribution in [0.3, 0.4) is 0 Å². The normalized spacial score (nSPS) is 24.0. The Morgan fingerprint density at radius 1 is 0.981 bits per heavy atom. The average Bonchev–Trinajstić information content (AvgIpc) is 3.54. The molecule has 278 valence electrons. The molecule has 2 aromatic heterocycles. The summed E-state index contributed by atoms with van der Waals surface area (Å²) >= 11 is 0. The summed E-state index contributed by atoms with van der Waals surface area (Å²) in [7, 11) is 0. The number of ether oxygens (including phenoxy) is 2. The zero-order chi connectivity index (χ0) is 36.4. The molecule has 3 heterocycles. The van der Waals surface area contributed by atoms with Crippen molar-refractivity contribution in [3.63, 3.8) is 0 Å². The molecule has 11 heteroatoms. The van der Waals surface area contributed by atoms with Gasteiger partial charge in [-0.05, 0) is 111 Å². The number of allylic oxidation sites excluding steroid dienone is 1. The number of rotatable bonds is 15. The number of amides is 1. The van der Waals surface area contributed by atoms with E-state index in [1.54, 1.807) is 0 Å². The van der Waals surface area contributed by atoms with E-state index in [1.165, 1.54) is 50.9 Å². The Labute approximate surface area is 311 Å². The predicted octanol–water partition coefficient (Wildman–Crippen LogP) is 6.54. The van der Waals surface area contributed by atoms with E-state index < -0.39 is 0 Å². The number of nitrogen functional groups attached to an aromatic ring is 1. The fraction of sp³-hybridized carbons (Fsp3) is 0.500. The molecule has 4 bridgehead atoms. The summed E-state index contributed by atoms with van der Waals surface area (Å²) < 4.78 is 14.1. The van der Waals surface area contributed by atoms with Crippen LogP contribution in [0.4, 0.5) is 5.82 Å². The third-order valence-corrected chi connectivity index (χ3v) is 12.1. The number of nitrogens with two attached hydrogens (primary N) is 1. The first-order valence-corrected chi connectivity index (χ1v) is 19.4. The minimum atomic E-state index is -0.107. The monoisotopic (exact) mass is 717 g/mol. The second-order valence-corrected chi connectivity index (χ2v) is 16.0. The first-order valence-electron chi connectivity index (χ1n) is 19.4. The number of para-hydroxylation sites is 1. The highest BCUT2D eigenvalue weighted by atomic mass is 16.5. The summed E-state index contributed by atoms with van der Waals surface area (Å²) in [6.07, 6.45) is 13.5. The Morgan fingerprint density at radius 2 is 1.72 bits per heavy atom. The standard InChI is InChI=1S/C42H51N7O4/c1-2-34(50)22-32-21-31(8-9-36(32)53-35-6-4-3-5-7-35)39-38-40(43)45-27-46-41(38)49(47-39)33-10-13-48(14-11-33)15-17-52-16-12-44-37(51)26-42-23-28-18-29(24-42)20-30(19-28)25-42/h2-9,21,27-30,33H,1,10-20,22-26H2,(H,44,51)(H2,43,45,46). The molecule has 53 heavy (non-hydrogen) atoms. The molecular weight excluding hydrogens is 667 g/mol. The Balaban J connectivity index is 0.855. The van der Waals surface area contributed by atoms with E-state index in [1.807, 2.05) is 53.2 Å². The van der Waals surface area contributed by atoms with Gasteiger partial charge in [0.25, 0.3) is 0 Å². The van der Waals surface area contributed by atoms with Crippen molar-refractivity contribution in [2.24, 2.45) is 23.2 Å². The van der Waals surface area contributed by atoms with Gasteiger partial charge in [0.1, 0.15) is 29.3 Å². The lowest BCUT2D eigenvalue weighted by molar-refractivity contribution is -0.129. The lowest BCUT2D eigenvalue weighted by Crippen LogP contribution is -2.48. The number of carbonyl (C=O) groups excluding carboxylic acids is 2. The van der Waals surface area contributed by atoms with Gasteiger partial charge in [-0.15, -0.1) is 0 Å². The van der Waals surface area contributed by atoms with Crippen molar-refractivity contribution < 1.29 is 19.1 Å². The highest BCUT2D eigenvalue weighted by Gasteiger charge is 2.51. The van der Waals surface area contributed by atoms with Crippen LogP contribution in [-0.4, -0.2) is 75.7 Å². The maximum atomic E-state index is 12.9. The van der Waals surface area contributed by atoms with Crippen molar-refractivity contribution in [2.45, 2.75) is 70.3 Å². The van der Waals surface area contributed by atoms with Crippen LogP contribution >= 0.6 is 0 Å². The maximum absolute atomic E-state index is 12.9. The molecule has 1 saturated heterocycles. The molecular formula is C42H51N7O4. The third-order valence-electron chi connectivity index (χ3n) is 12.1. The molecule has 4 saturated carbocycles. The molecule has 4 aliphatic carbocycles. The van der Waals surface area contributed by atoms with E-state index in [4.69, 9.17) is 20.3 Å². The Bertz CT molecular complexity index is 1920. The predicted molar refractivity (Wildman–Crippen MR) is 204 cm³/mol. The zero-order valence-corrected chi connectivity index (χ0v) is 30.6. The van der Waals surface area contributed by atoms with Gasteiger partial charge in [-0.25, -0.2) is 14.6 Å². The average molecular weight is 718 g/mol. The van der Waals surface area contributed by atoms with Gasteiger partial charge < -0.3 is 25.4 Å². The summed E-state index contributed by atoms with van der Waals surface area (Å²) in [5.74, 6) is 4.34. The number of likely N-dealkylation sites (tertiary alicyclic amines) is 1. The van der Waals surface area contributed by atoms with E-state index >= 15 is 0 Å². The van der Waals surface area contributed by atoms with Crippen LogP contribution in [0.25, 0.3) is 22.3 Å². The molecule has 4 aromatic rings. The van der Waals surface area contributed by atoms with Crippen molar-refractivity contribution in [2.75, 3.05) is 45.1 Å². The third kappa shape index (κ3) is 7.87. The second-order valence-electron chi connectivity index (χ2n) is 16.0. The van der Waals surface area contributed by atoms with Crippen molar-refractivity contribution in [3.05, 3.63) is 73.1 Å². The molecule has 2 aromatic carbocycles. The molecule has 5 fully saturated rings. The number of fused-ring (bicyclic) bond motifs is 1. The van der Waals surface area contributed by atoms with E-state index in [0.717, 1.165) is 61.4 Å². The van der Waals surface area contributed by atoms with Gasteiger partial charge in [0.15, 0.2) is 11.4 Å². The number of ketones is 1. The maximum Gasteiger partial charge on any atom is 0.220 e. The second kappa shape index (κ2) is 15.4.